The molecule has 1 heterocycles. The van der Waals surface area contributed by atoms with E-state index in [-0.39, 0.29) is 15.5 Å². The van der Waals surface area contributed by atoms with Crippen LogP contribution in [0.4, 0.5) is 10.1 Å². The van der Waals surface area contributed by atoms with Crippen LogP contribution in [0.3, 0.4) is 0 Å². The summed E-state index contributed by atoms with van der Waals surface area (Å²) in [5, 5.41) is 0. The van der Waals surface area contributed by atoms with Crippen molar-refractivity contribution in [3.8, 4) is 11.1 Å². The SMILES string of the molecule is Cc1ncccc1-c1ccc(NS(=O)(=O)c2ccccc2)c(F)c1S. The number of nitrogens with one attached hydrogen (secondary N) is 1. The molecular formula is C18H15FN2O2S2. The van der Waals surface area contributed by atoms with Crippen LogP contribution in [0.2, 0.25) is 0 Å². The summed E-state index contributed by atoms with van der Waals surface area (Å²) in [5.74, 6) is -0.733. The van der Waals surface area contributed by atoms with Crippen LogP contribution in [0.1, 0.15) is 5.69 Å². The predicted molar refractivity (Wildman–Crippen MR) is 98.9 cm³/mol. The van der Waals surface area contributed by atoms with E-state index >= 15 is 0 Å². The molecule has 128 valence electrons. The minimum absolute atomic E-state index is 0.0577. The summed E-state index contributed by atoms with van der Waals surface area (Å²) in [4.78, 5) is 4.30. The number of nitrogens with zero attached hydrogens (tertiary/aromatic N) is 1. The second-order valence-corrected chi connectivity index (χ2v) is 7.51. The molecule has 0 saturated carbocycles. The molecule has 1 aromatic heterocycles. The summed E-state index contributed by atoms with van der Waals surface area (Å²) in [6, 6.07) is 14.4. The number of hydrogen-bond acceptors (Lipinski definition) is 4. The third kappa shape index (κ3) is 3.52. The maximum atomic E-state index is 14.7. The summed E-state index contributed by atoms with van der Waals surface area (Å²) in [5.41, 5.74) is 1.87. The lowest BCUT2D eigenvalue weighted by molar-refractivity contribution is 0.594. The Balaban J connectivity index is 2.01. The number of anilines is 1. The molecule has 0 aliphatic rings. The van der Waals surface area contributed by atoms with Crippen LogP contribution in [0.25, 0.3) is 11.1 Å². The van der Waals surface area contributed by atoms with Crippen molar-refractivity contribution in [2.45, 2.75) is 16.7 Å². The number of rotatable bonds is 4. The van der Waals surface area contributed by atoms with Gasteiger partial charge in [0.2, 0.25) is 0 Å². The van der Waals surface area contributed by atoms with Gasteiger partial charge in [-0.15, -0.1) is 12.6 Å². The molecule has 25 heavy (non-hydrogen) atoms. The Kier molecular flexibility index (Phi) is 4.78. The fourth-order valence-corrected chi connectivity index (χ4v) is 3.83. The highest BCUT2D eigenvalue weighted by Gasteiger charge is 2.19. The lowest BCUT2D eigenvalue weighted by Gasteiger charge is -2.13. The second-order valence-electron chi connectivity index (χ2n) is 5.38. The molecule has 0 saturated heterocycles. The highest BCUT2D eigenvalue weighted by Crippen LogP contribution is 2.34. The van der Waals surface area contributed by atoms with Crippen LogP contribution in [0.15, 0.2) is 70.6 Å². The summed E-state index contributed by atoms with van der Waals surface area (Å²) in [6.07, 6.45) is 1.65. The summed E-state index contributed by atoms with van der Waals surface area (Å²) < 4.78 is 41.7. The van der Waals surface area contributed by atoms with Crippen molar-refractivity contribution in [3.05, 3.63) is 72.3 Å². The van der Waals surface area contributed by atoms with Gasteiger partial charge in [0.05, 0.1) is 15.5 Å². The van der Waals surface area contributed by atoms with E-state index in [1.165, 1.54) is 18.2 Å². The number of hydrogen-bond donors (Lipinski definition) is 2. The van der Waals surface area contributed by atoms with E-state index in [0.717, 1.165) is 11.3 Å². The smallest absolute Gasteiger partial charge is 0.261 e. The molecule has 0 radical (unpaired) electrons. The van der Waals surface area contributed by atoms with E-state index in [4.69, 9.17) is 0 Å². The second kappa shape index (κ2) is 6.85. The molecule has 0 aliphatic heterocycles. The molecule has 3 rings (SSSR count). The zero-order chi connectivity index (χ0) is 18.0. The molecule has 7 heteroatoms. The quantitative estimate of drug-likeness (QED) is 0.670. The van der Waals surface area contributed by atoms with Crippen LogP contribution in [-0.2, 0) is 10.0 Å². The molecule has 0 bridgehead atoms. The van der Waals surface area contributed by atoms with Crippen LogP contribution in [0.5, 0.6) is 0 Å². The van der Waals surface area contributed by atoms with Crippen molar-refractivity contribution >= 4 is 28.3 Å². The van der Waals surface area contributed by atoms with Crippen molar-refractivity contribution in [2.24, 2.45) is 0 Å². The molecule has 0 spiro atoms. The van der Waals surface area contributed by atoms with Gasteiger partial charge in [0.25, 0.3) is 10.0 Å². The average molecular weight is 374 g/mol. The lowest BCUT2D eigenvalue weighted by Crippen LogP contribution is -2.14. The zero-order valence-corrected chi connectivity index (χ0v) is 15.0. The van der Waals surface area contributed by atoms with Crippen LogP contribution in [0, 0.1) is 12.7 Å². The fraction of sp³-hybridized carbons (Fsp3) is 0.0556. The number of halogens is 1. The number of thiol groups is 1. The van der Waals surface area contributed by atoms with Crippen molar-refractivity contribution in [1.29, 1.82) is 0 Å². The Hall–Kier alpha value is -2.38. The van der Waals surface area contributed by atoms with Crippen molar-refractivity contribution in [1.82, 2.24) is 4.98 Å². The van der Waals surface area contributed by atoms with Crippen LogP contribution >= 0.6 is 12.6 Å². The van der Waals surface area contributed by atoms with Crippen molar-refractivity contribution in [2.75, 3.05) is 4.72 Å². The topological polar surface area (TPSA) is 59.1 Å². The number of aromatic nitrogens is 1. The van der Waals surface area contributed by atoms with E-state index < -0.39 is 15.8 Å². The Morgan fingerprint density at radius 2 is 1.72 bits per heavy atom. The number of benzene rings is 2. The van der Waals surface area contributed by atoms with Crippen LogP contribution < -0.4 is 4.72 Å². The average Bonchev–Trinajstić information content (AvgIpc) is 2.61. The molecule has 4 nitrogen and oxygen atoms in total. The first-order chi connectivity index (χ1) is 11.9. The summed E-state index contributed by atoms with van der Waals surface area (Å²) >= 11 is 4.24. The van der Waals surface area contributed by atoms with Gasteiger partial charge < -0.3 is 0 Å². The van der Waals surface area contributed by atoms with Gasteiger partial charge in [-0.25, -0.2) is 12.8 Å². The zero-order valence-electron chi connectivity index (χ0n) is 13.3. The van der Waals surface area contributed by atoms with E-state index in [2.05, 4.69) is 22.3 Å². The molecule has 0 fully saturated rings. The predicted octanol–water partition coefficient (Wildman–Crippen LogP) is 4.29. The Morgan fingerprint density at radius 3 is 2.40 bits per heavy atom. The van der Waals surface area contributed by atoms with Gasteiger partial charge in [-0.3, -0.25) is 9.71 Å². The molecule has 0 amide bonds. The summed E-state index contributed by atoms with van der Waals surface area (Å²) in [7, 11) is -3.87. The maximum Gasteiger partial charge on any atom is 0.261 e. The third-order valence-electron chi connectivity index (χ3n) is 3.71. The molecular weight excluding hydrogens is 359 g/mol. The minimum Gasteiger partial charge on any atom is -0.277 e. The minimum atomic E-state index is -3.87. The third-order valence-corrected chi connectivity index (χ3v) is 5.53. The first-order valence-electron chi connectivity index (χ1n) is 7.41. The van der Waals surface area contributed by atoms with Gasteiger partial charge in [0.1, 0.15) is 0 Å². The molecule has 0 unspecified atom stereocenters. The molecule has 2 aromatic carbocycles. The standard InChI is InChI=1S/C18H15FN2O2S2/c1-12-14(8-5-11-20-12)15-9-10-16(17(19)18(15)24)21-25(22,23)13-6-3-2-4-7-13/h2-11,21,24H,1H3. The first kappa shape index (κ1) is 17.4. The number of aryl methyl sites for hydroxylation is 1. The summed E-state index contributed by atoms with van der Waals surface area (Å²) in [6.45, 7) is 1.81. The largest absolute Gasteiger partial charge is 0.277 e. The van der Waals surface area contributed by atoms with Gasteiger partial charge >= 0.3 is 0 Å². The van der Waals surface area contributed by atoms with E-state index in [1.807, 2.05) is 13.0 Å². The van der Waals surface area contributed by atoms with Gasteiger partial charge in [-0.2, -0.15) is 0 Å². The Bertz CT molecular complexity index is 1020. The van der Waals surface area contributed by atoms with E-state index in [9.17, 15) is 12.8 Å². The number of sulfonamides is 1. The van der Waals surface area contributed by atoms with Gasteiger partial charge in [0.15, 0.2) is 5.82 Å². The fourth-order valence-electron chi connectivity index (χ4n) is 2.43. The number of pyridine rings is 1. The van der Waals surface area contributed by atoms with Gasteiger partial charge in [0, 0.05) is 17.5 Å². The highest BCUT2D eigenvalue weighted by molar-refractivity contribution is 7.92. The maximum absolute atomic E-state index is 14.7. The van der Waals surface area contributed by atoms with Gasteiger partial charge in [-0.05, 0) is 36.8 Å². The molecule has 1 N–H and O–H groups in total. The highest BCUT2D eigenvalue weighted by atomic mass is 32.2. The van der Waals surface area contributed by atoms with E-state index in [1.54, 1.807) is 36.5 Å². The van der Waals surface area contributed by atoms with Gasteiger partial charge in [-0.1, -0.05) is 30.3 Å². The lowest BCUT2D eigenvalue weighted by atomic mass is 10.0. The van der Waals surface area contributed by atoms with Crippen molar-refractivity contribution < 1.29 is 12.8 Å². The first-order valence-corrected chi connectivity index (χ1v) is 9.34. The normalized spacial score (nSPS) is 11.3. The van der Waals surface area contributed by atoms with Crippen molar-refractivity contribution in [3.63, 3.8) is 0 Å². The Morgan fingerprint density at radius 1 is 1.00 bits per heavy atom. The Labute approximate surface area is 151 Å². The molecule has 0 atom stereocenters. The monoisotopic (exact) mass is 374 g/mol. The van der Waals surface area contributed by atoms with E-state index in [0.29, 0.717) is 5.56 Å². The molecule has 3 aromatic rings. The molecule has 0 aliphatic carbocycles. The van der Waals surface area contributed by atoms with Crippen LogP contribution in [-0.4, -0.2) is 13.4 Å².